The number of nitrogens with one attached hydrogen (secondary N) is 1. The van der Waals surface area contributed by atoms with Crippen molar-refractivity contribution in [2.45, 2.75) is 13.0 Å². The molecule has 3 aromatic carbocycles. The van der Waals surface area contributed by atoms with Crippen LogP contribution in [0.3, 0.4) is 0 Å². The van der Waals surface area contributed by atoms with Gasteiger partial charge in [0.1, 0.15) is 5.82 Å². The van der Waals surface area contributed by atoms with Crippen molar-refractivity contribution in [3.05, 3.63) is 72.9 Å². The number of aromatic amines is 1. The van der Waals surface area contributed by atoms with Crippen molar-refractivity contribution in [3.63, 3.8) is 0 Å². The number of rotatable bonds is 3. The fourth-order valence-corrected chi connectivity index (χ4v) is 4.57. The molecule has 6 heteroatoms. The van der Waals surface area contributed by atoms with E-state index in [-0.39, 0.29) is 0 Å². The number of hydrogen-bond acceptors (Lipinski definition) is 2. The number of nitrogens with zero attached hydrogens (tertiary/aromatic N) is 2. The Balaban J connectivity index is 1.78. The first-order chi connectivity index (χ1) is 15.1. The molecule has 3 aromatic heterocycles. The molecule has 0 saturated heterocycles. The molecule has 6 aromatic rings. The maximum Gasteiger partial charge on any atom is 0.256 e. The van der Waals surface area contributed by atoms with Gasteiger partial charge in [0.2, 0.25) is 0 Å². The van der Waals surface area contributed by atoms with Gasteiger partial charge in [-0.2, -0.15) is 0 Å². The van der Waals surface area contributed by atoms with E-state index in [4.69, 9.17) is 10.7 Å². The van der Waals surface area contributed by atoms with E-state index in [2.05, 4.69) is 11.1 Å². The fourth-order valence-electron chi connectivity index (χ4n) is 4.57. The van der Waals surface area contributed by atoms with Crippen molar-refractivity contribution in [2.75, 3.05) is 5.73 Å². The highest BCUT2D eigenvalue weighted by Gasteiger charge is 2.21. The van der Waals surface area contributed by atoms with Crippen LogP contribution in [0.2, 0.25) is 0 Å². The Morgan fingerprint density at radius 3 is 2.65 bits per heavy atom. The summed E-state index contributed by atoms with van der Waals surface area (Å²) < 4.78 is 28.4. The number of anilines is 1. The molecule has 4 nitrogen and oxygen atoms in total. The molecule has 6 rings (SSSR count). The number of halogens is 2. The molecular weight excluding hydrogens is 394 g/mol. The first-order valence-corrected chi connectivity index (χ1v) is 10.1. The Kier molecular flexibility index (Phi) is 3.77. The second kappa shape index (κ2) is 6.54. The Bertz CT molecular complexity index is 1610. The summed E-state index contributed by atoms with van der Waals surface area (Å²) in [6.07, 6.45) is -0.692. The molecule has 0 fully saturated rings. The summed E-state index contributed by atoms with van der Waals surface area (Å²) in [5.74, 6) is 0.509. The van der Waals surface area contributed by atoms with Gasteiger partial charge in [-0.25, -0.2) is 13.8 Å². The minimum absolute atomic E-state index is 0.391. The summed E-state index contributed by atoms with van der Waals surface area (Å²) in [5.41, 5.74) is 11.3. The van der Waals surface area contributed by atoms with Crippen LogP contribution in [0.25, 0.3) is 54.7 Å². The fraction of sp³-hybridized carbons (Fsp3) is 0.0800. The lowest BCUT2D eigenvalue weighted by Gasteiger charge is -2.07. The average Bonchev–Trinajstić information content (AvgIpc) is 3.28. The van der Waals surface area contributed by atoms with Crippen LogP contribution in [0.1, 0.15) is 0 Å². The molecule has 3 N–H and O–H groups in total. The number of hydrogen-bond donors (Lipinski definition) is 2. The molecule has 0 aliphatic heterocycles. The summed E-state index contributed by atoms with van der Waals surface area (Å²) in [5, 5.41) is 3.78. The molecule has 0 bridgehead atoms. The minimum atomic E-state index is -2.47. The Hall–Kier alpha value is -3.93. The number of pyridine rings is 1. The highest BCUT2D eigenvalue weighted by molar-refractivity contribution is 6.18. The zero-order valence-electron chi connectivity index (χ0n) is 16.4. The lowest BCUT2D eigenvalue weighted by molar-refractivity contribution is 0.128. The quantitative estimate of drug-likeness (QED) is 0.333. The summed E-state index contributed by atoms with van der Waals surface area (Å²) in [4.78, 5) is 8.14. The predicted molar refractivity (Wildman–Crippen MR) is 122 cm³/mol. The zero-order valence-corrected chi connectivity index (χ0v) is 16.4. The van der Waals surface area contributed by atoms with E-state index >= 15 is 0 Å². The number of alkyl halides is 2. The highest BCUT2D eigenvalue weighted by Crippen LogP contribution is 2.42. The van der Waals surface area contributed by atoms with Gasteiger partial charge in [0.15, 0.2) is 0 Å². The number of nitrogens with two attached hydrogens (primary N) is 1. The summed E-state index contributed by atoms with van der Waals surface area (Å²) in [6.45, 7) is -0.391. The van der Waals surface area contributed by atoms with E-state index < -0.39 is 13.0 Å². The standard InChI is InChI=1S/C25H18F2N4/c26-21(27)13-31-12-17(22-16-6-2-4-8-19(16)30-25(22)28)23-20(31)10-9-15-11-14-5-1-3-7-18(14)29-24(15)23/h1-12,21,30H,13,28H2. The maximum atomic E-state index is 13.4. The molecule has 0 amide bonds. The van der Waals surface area contributed by atoms with Crippen LogP contribution in [-0.2, 0) is 6.54 Å². The van der Waals surface area contributed by atoms with Gasteiger partial charge in [0.25, 0.3) is 6.43 Å². The van der Waals surface area contributed by atoms with E-state index in [1.54, 1.807) is 10.8 Å². The summed E-state index contributed by atoms with van der Waals surface area (Å²) in [6, 6.07) is 21.7. The first kappa shape index (κ1) is 17.9. The molecular formula is C25H18F2N4. The number of benzene rings is 3. The van der Waals surface area contributed by atoms with Crippen LogP contribution in [-0.4, -0.2) is 21.0 Å². The SMILES string of the molecule is Nc1[nH]c2ccccc2c1-c1cn(CC(F)F)c2ccc3cc4ccccc4nc3c12. The molecule has 0 spiro atoms. The highest BCUT2D eigenvalue weighted by atomic mass is 19.3. The van der Waals surface area contributed by atoms with E-state index in [0.29, 0.717) is 5.82 Å². The van der Waals surface area contributed by atoms with Gasteiger partial charge < -0.3 is 15.3 Å². The third kappa shape index (κ3) is 2.68. The molecule has 0 saturated carbocycles. The van der Waals surface area contributed by atoms with Crippen molar-refractivity contribution in [2.24, 2.45) is 0 Å². The molecule has 0 aliphatic carbocycles. The maximum absolute atomic E-state index is 13.4. The van der Waals surface area contributed by atoms with Crippen LogP contribution in [0.4, 0.5) is 14.6 Å². The van der Waals surface area contributed by atoms with Gasteiger partial charge in [-0.3, -0.25) is 0 Å². The van der Waals surface area contributed by atoms with Crippen molar-refractivity contribution >= 4 is 49.4 Å². The van der Waals surface area contributed by atoms with Gasteiger partial charge in [-0.05, 0) is 24.3 Å². The number of nitrogen functional groups attached to an aromatic ring is 1. The van der Waals surface area contributed by atoms with E-state index in [1.807, 2.05) is 60.7 Å². The third-order valence-corrected chi connectivity index (χ3v) is 5.87. The van der Waals surface area contributed by atoms with Crippen LogP contribution in [0.5, 0.6) is 0 Å². The molecule has 31 heavy (non-hydrogen) atoms. The molecule has 152 valence electrons. The molecule has 0 atom stereocenters. The van der Waals surface area contributed by atoms with E-state index in [9.17, 15) is 8.78 Å². The van der Waals surface area contributed by atoms with Crippen LogP contribution >= 0.6 is 0 Å². The topological polar surface area (TPSA) is 59.6 Å². The van der Waals surface area contributed by atoms with Gasteiger partial charge in [0.05, 0.1) is 23.1 Å². The van der Waals surface area contributed by atoms with Gasteiger partial charge >= 0.3 is 0 Å². The first-order valence-electron chi connectivity index (χ1n) is 10.1. The molecule has 0 aliphatic rings. The van der Waals surface area contributed by atoms with Crippen molar-refractivity contribution in [1.29, 1.82) is 0 Å². The zero-order chi connectivity index (χ0) is 21.1. The second-order valence-corrected chi connectivity index (χ2v) is 7.76. The van der Waals surface area contributed by atoms with Gasteiger partial charge in [-0.15, -0.1) is 0 Å². The predicted octanol–water partition coefficient (Wildman–Crippen LogP) is 6.34. The van der Waals surface area contributed by atoms with Crippen LogP contribution < -0.4 is 5.73 Å². The molecule has 0 unspecified atom stereocenters. The molecule has 0 radical (unpaired) electrons. The Morgan fingerprint density at radius 2 is 1.77 bits per heavy atom. The van der Waals surface area contributed by atoms with Crippen molar-refractivity contribution in [3.8, 4) is 11.1 Å². The lowest BCUT2D eigenvalue weighted by atomic mass is 10.0. The van der Waals surface area contributed by atoms with Gasteiger partial charge in [-0.1, -0.05) is 42.5 Å². The number of aromatic nitrogens is 3. The van der Waals surface area contributed by atoms with Gasteiger partial charge in [0, 0.05) is 44.4 Å². The second-order valence-electron chi connectivity index (χ2n) is 7.76. The number of para-hydroxylation sites is 2. The normalized spacial score (nSPS) is 12.1. The van der Waals surface area contributed by atoms with E-state index in [0.717, 1.165) is 54.7 Å². The minimum Gasteiger partial charge on any atom is -0.385 e. The largest absolute Gasteiger partial charge is 0.385 e. The van der Waals surface area contributed by atoms with E-state index in [1.165, 1.54) is 0 Å². The summed E-state index contributed by atoms with van der Waals surface area (Å²) >= 11 is 0. The summed E-state index contributed by atoms with van der Waals surface area (Å²) in [7, 11) is 0. The average molecular weight is 412 g/mol. The van der Waals surface area contributed by atoms with Crippen LogP contribution in [0.15, 0.2) is 72.9 Å². The Labute approximate surface area is 175 Å². The third-order valence-electron chi connectivity index (χ3n) is 5.87. The van der Waals surface area contributed by atoms with Crippen molar-refractivity contribution in [1.82, 2.24) is 14.5 Å². The monoisotopic (exact) mass is 412 g/mol. The van der Waals surface area contributed by atoms with Crippen LogP contribution in [0, 0.1) is 0 Å². The Morgan fingerprint density at radius 1 is 0.968 bits per heavy atom. The number of fused-ring (bicyclic) bond motifs is 5. The molecule has 3 heterocycles. The lowest BCUT2D eigenvalue weighted by Crippen LogP contribution is -2.04. The van der Waals surface area contributed by atoms with Crippen molar-refractivity contribution < 1.29 is 8.78 Å². The number of H-pyrrole nitrogens is 1. The smallest absolute Gasteiger partial charge is 0.256 e.